The lowest BCUT2D eigenvalue weighted by Gasteiger charge is -2.28. The zero-order chi connectivity index (χ0) is 13.4. The predicted molar refractivity (Wildman–Crippen MR) is 71.9 cm³/mol. The lowest BCUT2D eigenvalue weighted by atomic mass is 10.1. The summed E-state index contributed by atoms with van der Waals surface area (Å²) in [5.41, 5.74) is 1.26. The smallest absolute Gasteiger partial charge is 0.237 e. The second kappa shape index (κ2) is 5.20. The van der Waals surface area contributed by atoms with E-state index < -0.39 is 12.2 Å². The van der Waals surface area contributed by atoms with Crippen LogP contribution in [0.15, 0.2) is 11.4 Å². The average Bonchev–Trinajstić information content (AvgIpc) is 2.96. The summed E-state index contributed by atoms with van der Waals surface area (Å²) in [5.74, 6) is 0.0816. The van der Waals surface area contributed by atoms with Gasteiger partial charge in [-0.15, -0.1) is 11.3 Å². The SMILES string of the molecule is O=C(CN1C[C@@H](O)[C@@H](O)C1)N1CCc2sccc2C1. The number of fused-ring (bicyclic) bond motifs is 1. The van der Waals surface area contributed by atoms with Gasteiger partial charge in [-0.25, -0.2) is 0 Å². The second-order valence-electron chi connectivity index (χ2n) is 5.26. The highest BCUT2D eigenvalue weighted by molar-refractivity contribution is 7.10. The van der Waals surface area contributed by atoms with Crippen molar-refractivity contribution < 1.29 is 15.0 Å². The van der Waals surface area contributed by atoms with Gasteiger partial charge in [0, 0.05) is 31.1 Å². The largest absolute Gasteiger partial charge is 0.389 e. The Kier molecular flexibility index (Phi) is 3.58. The van der Waals surface area contributed by atoms with E-state index in [0.717, 1.165) is 13.0 Å². The first kappa shape index (κ1) is 13.1. The number of carbonyl (C=O) groups is 1. The van der Waals surface area contributed by atoms with Gasteiger partial charge in [-0.2, -0.15) is 0 Å². The fourth-order valence-electron chi connectivity index (χ4n) is 2.73. The van der Waals surface area contributed by atoms with Crippen LogP contribution in [0.3, 0.4) is 0 Å². The van der Waals surface area contributed by atoms with Crippen LogP contribution in [-0.2, 0) is 17.8 Å². The number of aliphatic hydroxyl groups excluding tert-OH is 2. The molecule has 2 atom stereocenters. The normalized spacial score (nSPS) is 27.6. The van der Waals surface area contributed by atoms with E-state index in [1.54, 1.807) is 11.3 Å². The van der Waals surface area contributed by atoms with Crippen molar-refractivity contribution in [2.45, 2.75) is 25.2 Å². The fraction of sp³-hybridized carbons (Fsp3) is 0.615. The molecule has 6 heteroatoms. The van der Waals surface area contributed by atoms with Gasteiger partial charge in [0.05, 0.1) is 18.8 Å². The molecule has 3 rings (SSSR count). The third-order valence-electron chi connectivity index (χ3n) is 3.85. The highest BCUT2D eigenvalue weighted by Gasteiger charge is 2.32. The molecule has 0 aliphatic carbocycles. The summed E-state index contributed by atoms with van der Waals surface area (Å²) in [4.78, 5) is 17.3. The molecule has 0 unspecified atom stereocenters. The molecule has 1 aromatic heterocycles. The number of amides is 1. The van der Waals surface area contributed by atoms with E-state index in [0.29, 0.717) is 19.6 Å². The van der Waals surface area contributed by atoms with E-state index in [1.807, 2.05) is 9.80 Å². The van der Waals surface area contributed by atoms with E-state index in [2.05, 4.69) is 11.4 Å². The molecule has 2 aliphatic heterocycles. The molecule has 1 aromatic rings. The molecule has 104 valence electrons. The maximum atomic E-state index is 12.2. The number of hydrogen-bond donors (Lipinski definition) is 2. The van der Waals surface area contributed by atoms with Gasteiger partial charge in [0.1, 0.15) is 0 Å². The van der Waals surface area contributed by atoms with Gasteiger partial charge in [0.25, 0.3) is 0 Å². The molecule has 0 saturated carbocycles. The summed E-state index contributed by atoms with van der Waals surface area (Å²) < 4.78 is 0. The summed E-state index contributed by atoms with van der Waals surface area (Å²) in [6, 6.07) is 2.09. The first-order chi connectivity index (χ1) is 9.13. The van der Waals surface area contributed by atoms with Crippen LogP contribution >= 0.6 is 11.3 Å². The molecule has 2 N–H and O–H groups in total. The maximum absolute atomic E-state index is 12.2. The average molecular weight is 282 g/mol. The van der Waals surface area contributed by atoms with Crippen molar-refractivity contribution in [3.63, 3.8) is 0 Å². The summed E-state index contributed by atoms with van der Waals surface area (Å²) in [5, 5.41) is 21.0. The third kappa shape index (κ3) is 2.67. The quantitative estimate of drug-likeness (QED) is 0.780. The van der Waals surface area contributed by atoms with Crippen molar-refractivity contribution in [3.05, 3.63) is 21.9 Å². The van der Waals surface area contributed by atoms with E-state index in [-0.39, 0.29) is 12.5 Å². The molecule has 0 aromatic carbocycles. The van der Waals surface area contributed by atoms with Gasteiger partial charge in [0.15, 0.2) is 0 Å². The van der Waals surface area contributed by atoms with Gasteiger partial charge < -0.3 is 15.1 Å². The molecule has 5 nitrogen and oxygen atoms in total. The van der Waals surface area contributed by atoms with Crippen LogP contribution in [0.25, 0.3) is 0 Å². The molecule has 19 heavy (non-hydrogen) atoms. The first-order valence-corrected chi connectivity index (χ1v) is 7.43. The molecule has 3 heterocycles. The monoisotopic (exact) mass is 282 g/mol. The van der Waals surface area contributed by atoms with E-state index in [9.17, 15) is 15.0 Å². The number of rotatable bonds is 2. The summed E-state index contributed by atoms with van der Waals surface area (Å²) >= 11 is 1.76. The Balaban J connectivity index is 1.57. The molecule has 2 aliphatic rings. The molecule has 1 fully saturated rings. The Morgan fingerprint density at radius 3 is 2.84 bits per heavy atom. The van der Waals surface area contributed by atoms with Crippen molar-refractivity contribution in [1.29, 1.82) is 0 Å². The number of hydrogen-bond acceptors (Lipinski definition) is 5. The van der Waals surface area contributed by atoms with Gasteiger partial charge in [-0.1, -0.05) is 0 Å². The lowest BCUT2D eigenvalue weighted by molar-refractivity contribution is -0.133. The molecule has 1 amide bonds. The van der Waals surface area contributed by atoms with Crippen molar-refractivity contribution in [2.75, 3.05) is 26.2 Å². The molecule has 0 spiro atoms. The van der Waals surface area contributed by atoms with Crippen molar-refractivity contribution in [3.8, 4) is 0 Å². The van der Waals surface area contributed by atoms with Gasteiger partial charge in [-0.3, -0.25) is 9.69 Å². The summed E-state index contributed by atoms with van der Waals surface area (Å²) in [6.07, 6.45) is -0.514. The fourth-order valence-corrected chi connectivity index (χ4v) is 3.62. The van der Waals surface area contributed by atoms with Gasteiger partial charge in [0.2, 0.25) is 5.91 Å². The Hall–Kier alpha value is -0.950. The van der Waals surface area contributed by atoms with Gasteiger partial charge >= 0.3 is 0 Å². The topological polar surface area (TPSA) is 64.0 Å². The van der Waals surface area contributed by atoms with E-state index in [4.69, 9.17) is 0 Å². The van der Waals surface area contributed by atoms with Crippen LogP contribution in [0.2, 0.25) is 0 Å². The molecule has 0 bridgehead atoms. The Labute approximate surface area is 116 Å². The van der Waals surface area contributed by atoms with E-state index >= 15 is 0 Å². The lowest BCUT2D eigenvalue weighted by Crippen LogP contribution is -2.42. The Morgan fingerprint density at radius 1 is 1.37 bits per heavy atom. The highest BCUT2D eigenvalue weighted by Crippen LogP contribution is 2.24. The Bertz CT molecular complexity index is 466. The van der Waals surface area contributed by atoms with Crippen LogP contribution < -0.4 is 0 Å². The van der Waals surface area contributed by atoms with Crippen molar-refractivity contribution in [1.82, 2.24) is 9.80 Å². The van der Waals surface area contributed by atoms with E-state index in [1.165, 1.54) is 10.4 Å². The first-order valence-electron chi connectivity index (χ1n) is 6.55. The van der Waals surface area contributed by atoms with Gasteiger partial charge in [-0.05, 0) is 23.4 Å². The van der Waals surface area contributed by atoms with Crippen LogP contribution in [0.4, 0.5) is 0 Å². The maximum Gasteiger partial charge on any atom is 0.237 e. The third-order valence-corrected chi connectivity index (χ3v) is 4.88. The highest BCUT2D eigenvalue weighted by atomic mass is 32.1. The minimum atomic E-state index is -0.724. The molecule has 1 saturated heterocycles. The standard InChI is InChI=1S/C13H18N2O3S/c16-10-6-14(7-11(10)17)8-13(18)15-3-1-12-9(5-15)2-4-19-12/h2,4,10-11,16-17H,1,3,5-8H2/t10-,11+. The number of β-amino-alcohol motifs (C(OH)–C–C–N with tert-alkyl or cyclic N) is 2. The summed E-state index contributed by atoms with van der Waals surface area (Å²) in [6.45, 7) is 2.50. The van der Waals surface area contributed by atoms with Crippen LogP contribution in [0.1, 0.15) is 10.4 Å². The van der Waals surface area contributed by atoms with Crippen LogP contribution in [0, 0.1) is 0 Å². The minimum absolute atomic E-state index is 0.0816. The zero-order valence-electron chi connectivity index (χ0n) is 10.7. The molecular weight excluding hydrogens is 264 g/mol. The van der Waals surface area contributed by atoms with Crippen molar-refractivity contribution in [2.24, 2.45) is 0 Å². The number of nitrogens with zero attached hydrogens (tertiary/aromatic N) is 2. The minimum Gasteiger partial charge on any atom is -0.389 e. The number of likely N-dealkylation sites (tertiary alicyclic amines) is 1. The van der Waals surface area contributed by atoms with Crippen LogP contribution in [0.5, 0.6) is 0 Å². The Morgan fingerprint density at radius 2 is 2.11 bits per heavy atom. The van der Waals surface area contributed by atoms with Crippen LogP contribution in [-0.4, -0.2) is 64.3 Å². The summed E-state index contributed by atoms with van der Waals surface area (Å²) in [7, 11) is 0. The van der Waals surface area contributed by atoms with Crippen molar-refractivity contribution >= 4 is 17.2 Å². The molecular formula is C13H18N2O3S. The molecule has 0 radical (unpaired) electrons. The second-order valence-corrected chi connectivity index (χ2v) is 6.26. The predicted octanol–water partition coefficient (Wildman–Crippen LogP) is -0.330. The zero-order valence-corrected chi connectivity index (χ0v) is 11.5. The number of carbonyl (C=O) groups excluding carboxylic acids is 1. The number of aliphatic hydroxyl groups is 2. The number of thiophene rings is 1.